The number of hydrogen-bond acceptors (Lipinski definition) is 4. The fraction of sp³-hybridized carbons (Fsp3) is 0.235. The van der Waals surface area contributed by atoms with Crippen molar-refractivity contribution in [2.24, 2.45) is 0 Å². The molecule has 0 unspecified atom stereocenters. The molecule has 0 aliphatic carbocycles. The highest BCUT2D eigenvalue weighted by molar-refractivity contribution is 7.92. The molecule has 1 atom stereocenters. The highest BCUT2D eigenvalue weighted by Crippen LogP contribution is 2.36. The zero-order valence-electron chi connectivity index (χ0n) is 14.0. The van der Waals surface area contributed by atoms with Crippen LogP contribution in [0.2, 0.25) is 10.0 Å². The maximum atomic E-state index is 12.6. The van der Waals surface area contributed by atoms with Crippen molar-refractivity contribution in [1.82, 2.24) is 0 Å². The van der Waals surface area contributed by atoms with Gasteiger partial charge in [0.15, 0.2) is 6.10 Å². The van der Waals surface area contributed by atoms with Crippen LogP contribution in [-0.2, 0) is 14.8 Å². The molecule has 2 aromatic carbocycles. The van der Waals surface area contributed by atoms with E-state index in [1.807, 2.05) is 6.92 Å². The third-order valence-corrected chi connectivity index (χ3v) is 5.39. The molecule has 0 bridgehead atoms. The van der Waals surface area contributed by atoms with Crippen LogP contribution in [0.5, 0.6) is 5.75 Å². The summed E-state index contributed by atoms with van der Waals surface area (Å²) < 4.78 is 31.3. The van der Waals surface area contributed by atoms with E-state index in [1.165, 1.54) is 4.31 Å². The Morgan fingerprint density at radius 2 is 1.85 bits per heavy atom. The summed E-state index contributed by atoms with van der Waals surface area (Å²) in [4.78, 5) is 12.6. The lowest BCUT2D eigenvalue weighted by atomic mass is 10.1. The van der Waals surface area contributed by atoms with Gasteiger partial charge >= 0.3 is 0 Å². The molecule has 0 radical (unpaired) electrons. The standard InChI is InChI=1S/C17H16Cl2N2O4S/c1-10-3-4-15-14(5-10)21(26(2,23)24)9-16(25-15)17(22)20-13-7-11(18)6-12(19)8-13/h3-8,16H,9H2,1-2H3,(H,20,22)/t16-/m0/s1. The van der Waals surface area contributed by atoms with Gasteiger partial charge in [0.25, 0.3) is 5.91 Å². The van der Waals surface area contributed by atoms with Crippen molar-refractivity contribution >= 4 is 50.5 Å². The average Bonchev–Trinajstić information content (AvgIpc) is 2.51. The third kappa shape index (κ3) is 4.06. The Kier molecular flexibility index (Phi) is 5.05. The molecule has 2 aromatic rings. The van der Waals surface area contributed by atoms with E-state index in [1.54, 1.807) is 36.4 Å². The van der Waals surface area contributed by atoms with Crippen molar-refractivity contribution in [3.05, 3.63) is 52.0 Å². The quantitative estimate of drug-likeness (QED) is 0.833. The monoisotopic (exact) mass is 414 g/mol. The van der Waals surface area contributed by atoms with Crippen LogP contribution in [0.15, 0.2) is 36.4 Å². The van der Waals surface area contributed by atoms with Gasteiger partial charge in [0.1, 0.15) is 5.75 Å². The molecule has 6 nitrogen and oxygen atoms in total. The highest BCUT2D eigenvalue weighted by Gasteiger charge is 2.35. The van der Waals surface area contributed by atoms with Gasteiger partial charge in [-0.1, -0.05) is 29.3 Å². The molecule has 0 aromatic heterocycles. The number of anilines is 2. The van der Waals surface area contributed by atoms with Crippen molar-refractivity contribution in [2.75, 3.05) is 22.4 Å². The fourth-order valence-electron chi connectivity index (χ4n) is 2.66. The van der Waals surface area contributed by atoms with Crippen LogP contribution < -0.4 is 14.4 Å². The molecule has 9 heteroatoms. The van der Waals surface area contributed by atoms with Crippen molar-refractivity contribution < 1.29 is 17.9 Å². The fourth-order valence-corrected chi connectivity index (χ4v) is 4.09. The Morgan fingerprint density at radius 1 is 1.19 bits per heavy atom. The first kappa shape index (κ1) is 18.8. The molecule has 138 valence electrons. The lowest BCUT2D eigenvalue weighted by Gasteiger charge is -2.34. The van der Waals surface area contributed by atoms with E-state index in [2.05, 4.69) is 5.32 Å². The topological polar surface area (TPSA) is 75.7 Å². The lowest BCUT2D eigenvalue weighted by molar-refractivity contribution is -0.122. The molecule has 1 amide bonds. The van der Waals surface area contributed by atoms with E-state index >= 15 is 0 Å². The second kappa shape index (κ2) is 6.98. The van der Waals surface area contributed by atoms with E-state index < -0.39 is 22.0 Å². The summed E-state index contributed by atoms with van der Waals surface area (Å²) in [6.45, 7) is 1.72. The minimum atomic E-state index is -3.58. The zero-order valence-corrected chi connectivity index (χ0v) is 16.3. The summed E-state index contributed by atoms with van der Waals surface area (Å²) in [6.07, 6.45) is 0.0774. The number of rotatable bonds is 3. The number of fused-ring (bicyclic) bond motifs is 1. The summed E-state index contributed by atoms with van der Waals surface area (Å²) in [7, 11) is -3.58. The molecule has 1 aliphatic heterocycles. The minimum absolute atomic E-state index is 0.130. The number of ether oxygens (including phenoxy) is 1. The van der Waals surface area contributed by atoms with Crippen LogP contribution in [-0.4, -0.2) is 33.2 Å². The second-order valence-corrected chi connectivity index (χ2v) is 8.80. The summed E-state index contributed by atoms with van der Waals surface area (Å²) in [6, 6.07) is 9.77. The predicted octanol–water partition coefficient (Wildman–Crippen LogP) is 3.47. The maximum absolute atomic E-state index is 12.6. The number of halogens is 2. The number of nitrogens with one attached hydrogen (secondary N) is 1. The SMILES string of the molecule is Cc1ccc2c(c1)N(S(C)(=O)=O)C[C@@H](C(=O)Nc1cc(Cl)cc(Cl)c1)O2. The predicted molar refractivity (Wildman–Crippen MR) is 103 cm³/mol. The van der Waals surface area contributed by atoms with Gasteiger partial charge in [-0.05, 0) is 42.8 Å². The van der Waals surface area contributed by atoms with E-state index in [0.29, 0.717) is 27.2 Å². The Labute approximate surface area is 161 Å². The van der Waals surface area contributed by atoms with Gasteiger partial charge in [0.05, 0.1) is 18.5 Å². The number of hydrogen-bond donors (Lipinski definition) is 1. The average molecular weight is 415 g/mol. The van der Waals surface area contributed by atoms with Gasteiger partial charge in [-0.15, -0.1) is 0 Å². The van der Waals surface area contributed by atoms with Crippen LogP contribution in [0.25, 0.3) is 0 Å². The lowest BCUT2D eigenvalue weighted by Crippen LogP contribution is -2.48. The Balaban J connectivity index is 1.89. The van der Waals surface area contributed by atoms with Crippen molar-refractivity contribution in [2.45, 2.75) is 13.0 Å². The van der Waals surface area contributed by atoms with Crippen LogP contribution in [0.1, 0.15) is 5.56 Å². The molecular formula is C17H16Cl2N2O4S. The van der Waals surface area contributed by atoms with Gasteiger partial charge in [-0.3, -0.25) is 9.10 Å². The summed E-state index contributed by atoms with van der Waals surface area (Å²) in [5.41, 5.74) is 1.71. The molecule has 0 fully saturated rings. The number of benzene rings is 2. The van der Waals surface area contributed by atoms with Crippen LogP contribution in [0.3, 0.4) is 0 Å². The molecule has 1 N–H and O–H groups in total. The van der Waals surface area contributed by atoms with Crippen molar-refractivity contribution in [1.29, 1.82) is 0 Å². The third-order valence-electron chi connectivity index (χ3n) is 3.81. The number of aryl methyl sites for hydroxylation is 1. The maximum Gasteiger partial charge on any atom is 0.267 e. The minimum Gasteiger partial charge on any atom is -0.476 e. The Morgan fingerprint density at radius 3 is 2.46 bits per heavy atom. The smallest absolute Gasteiger partial charge is 0.267 e. The summed E-state index contributed by atoms with van der Waals surface area (Å²) >= 11 is 11.9. The number of carbonyl (C=O) groups excluding carboxylic acids is 1. The first-order chi connectivity index (χ1) is 12.1. The summed E-state index contributed by atoms with van der Waals surface area (Å²) in [5.74, 6) is -0.167. The molecular weight excluding hydrogens is 399 g/mol. The molecule has 3 rings (SSSR count). The number of amides is 1. The van der Waals surface area contributed by atoms with Gasteiger partial charge in [-0.25, -0.2) is 8.42 Å². The Hall–Kier alpha value is -1.96. The number of sulfonamides is 1. The molecule has 26 heavy (non-hydrogen) atoms. The van der Waals surface area contributed by atoms with Gasteiger partial charge < -0.3 is 10.1 Å². The van der Waals surface area contributed by atoms with Crippen LogP contribution in [0, 0.1) is 6.92 Å². The van der Waals surface area contributed by atoms with E-state index in [9.17, 15) is 13.2 Å². The van der Waals surface area contributed by atoms with E-state index in [0.717, 1.165) is 11.8 Å². The number of carbonyl (C=O) groups is 1. The van der Waals surface area contributed by atoms with Crippen molar-refractivity contribution in [3.8, 4) is 5.75 Å². The van der Waals surface area contributed by atoms with Crippen LogP contribution in [0.4, 0.5) is 11.4 Å². The van der Waals surface area contributed by atoms with Gasteiger partial charge in [0, 0.05) is 15.7 Å². The van der Waals surface area contributed by atoms with E-state index in [-0.39, 0.29) is 6.54 Å². The first-order valence-corrected chi connectivity index (χ1v) is 10.3. The molecule has 1 heterocycles. The van der Waals surface area contributed by atoms with Gasteiger partial charge in [0.2, 0.25) is 10.0 Å². The van der Waals surface area contributed by atoms with E-state index in [4.69, 9.17) is 27.9 Å². The molecule has 0 saturated heterocycles. The Bertz CT molecular complexity index is 958. The molecule has 1 aliphatic rings. The zero-order chi connectivity index (χ0) is 19.1. The summed E-state index contributed by atoms with van der Waals surface area (Å²) in [5, 5.41) is 3.40. The largest absolute Gasteiger partial charge is 0.476 e. The molecule has 0 spiro atoms. The normalized spacial score (nSPS) is 16.6. The second-order valence-electron chi connectivity index (χ2n) is 6.02. The number of nitrogens with zero attached hydrogens (tertiary/aromatic N) is 1. The van der Waals surface area contributed by atoms with Crippen molar-refractivity contribution in [3.63, 3.8) is 0 Å². The highest BCUT2D eigenvalue weighted by atomic mass is 35.5. The van der Waals surface area contributed by atoms with Crippen LogP contribution >= 0.6 is 23.2 Å². The molecule has 0 saturated carbocycles. The first-order valence-electron chi connectivity index (χ1n) is 7.65. The van der Waals surface area contributed by atoms with Gasteiger partial charge in [-0.2, -0.15) is 0 Å².